The van der Waals surface area contributed by atoms with Crippen LogP contribution in [0.3, 0.4) is 0 Å². The topological polar surface area (TPSA) is 98.1 Å². The first-order chi connectivity index (χ1) is 13.4. The molecule has 0 unspecified atom stereocenters. The number of carbonyl (C=O) groups is 1. The maximum atomic E-state index is 12.2. The second-order valence-corrected chi connectivity index (χ2v) is 7.51. The number of hydrogen-bond donors (Lipinski definition) is 2. The Morgan fingerprint density at radius 2 is 1.68 bits per heavy atom. The molecule has 2 amide bonds. The van der Waals surface area contributed by atoms with Crippen LogP contribution in [0, 0.1) is 13.8 Å². The number of thiophene rings is 1. The third kappa shape index (κ3) is 3.16. The minimum Gasteiger partial charge on any atom is -0.383 e. The number of primary amides is 1. The molecule has 0 aliphatic heterocycles. The van der Waals surface area contributed by atoms with Crippen molar-refractivity contribution < 1.29 is 4.79 Å². The molecule has 0 saturated heterocycles. The lowest BCUT2D eigenvalue weighted by atomic mass is 10.0. The molecule has 7 heteroatoms. The van der Waals surface area contributed by atoms with Crippen molar-refractivity contribution in [2.75, 3.05) is 10.6 Å². The number of aromatic nitrogens is 2. The van der Waals surface area contributed by atoms with Gasteiger partial charge in [-0.15, -0.1) is 11.3 Å². The lowest BCUT2D eigenvalue weighted by molar-refractivity contribution is 0.256. The Kier molecular flexibility index (Phi) is 4.44. The summed E-state index contributed by atoms with van der Waals surface area (Å²) in [4.78, 5) is 22.9. The molecule has 0 radical (unpaired) electrons. The van der Waals surface area contributed by atoms with Gasteiger partial charge in [0.05, 0.1) is 16.8 Å². The summed E-state index contributed by atoms with van der Waals surface area (Å²) in [5.41, 5.74) is 17.3. The van der Waals surface area contributed by atoms with Gasteiger partial charge < -0.3 is 11.5 Å². The zero-order valence-corrected chi connectivity index (χ0v) is 16.3. The molecule has 4 aromatic rings. The minimum absolute atomic E-state index is 0.458. The van der Waals surface area contributed by atoms with E-state index >= 15 is 0 Å². The van der Waals surface area contributed by atoms with Gasteiger partial charge in [-0.25, -0.2) is 14.8 Å². The van der Waals surface area contributed by atoms with Gasteiger partial charge in [0, 0.05) is 10.9 Å². The SMILES string of the molecule is Cc1cc(C)cc(N(C(N)=O)c2ccc(-c3csc4ncnc(N)c34)cc2)c1. The molecule has 2 aromatic heterocycles. The van der Waals surface area contributed by atoms with Gasteiger partial charge in [0.15, 0.2) is 0 Å². The molecule has 2 aromatic carbocycles. The van der Waals surface area contributed by atoms with Crippen LogP contribution in [0.15, 0.2) is 54.2 Å². The fraction of sp³-hybridized carbons (Fsp3) is 0.0952. The molecule has 0 aliphatic rings. The molecule has 0 bridgehead atoms. The van der Waals surface area contributed by atoms with E-state index in [0.29, 0.717) is 11.5 Å². The van der Waals surface area contributed by atoms with Crippen molar-refractivity contribution in [2.24, 2.45) is 5.73 Å². The Hall–Kier alpha value is -3.45. The first-order valence-electron chi connectivity index (χ1n) is 8.70. The number of aryl methyl sites for hydroxylation is 2. The predicted octanol–water partition coefficient (Wildman–Crippen LogP) is 4.77. The van der Waals surface area contributed by atoms with Gasteiger partial charge in [0.25, 0.3) is 0 Å². The summed E-state index contributed by atoms with van der Waals surface area (Å²) in [6.07, 6.45) is 1.47. The number of nitrogens with zero attached hydrogens (tertiary/aromatic N) is 3. The lowest BCUT2D eigenvalue weighted by Gasteiger charge is -2.22. The molecule has 0 fully saturated rings. The highest BCUT2D eigenvalue weighted by molar-refractivity contribution is 7.17. The van der Waals surface area contributed by atoms with E-state index in [4.69, 9.17) is 11.5 Å². The number of rotatable bonds is 3. The molecule has 6 nitrogen and oxygen atoms in total. The predicted molar refractivity (Wildman–Crippen MR) is 115 cm³/mol. The number of fused-ring (bicyclic) bond motifs is 1. The molecule has 28 heavy (non-hydrogen) atoms. The smallest absolute Gasteiger partial charge is 0.323 e. The molecular formula is C21H19N5OS. The summed E-state index contributed by atoms with van der Waals surface area (Å²) in [6.45, 7) is 3.99. The van der Waals surface area contributed by atoms with E-state index in [0.717, 1.165) is 38.2 Å². The molecule has 4 N–H and O–H groups in total. The number of carbonyl (C=O) groups excluding carboxylic acids is 1. The number of anilines is 3. The van der Waals surface area contributed by atoms with Gasteiger partial charge in [0.2, 0.25) is 0 Å². The van der Waals surface area contributed by atoms with Crippen LogP contribution >= 0.6 is 11.3 Å². The van der Waals surface area contributed by atoms with Gasteiger partial charge in [-0.1, -0.05) is 18.2 Å². The Bertz CT molecular complexity index is 1160. The standard InChI is InChI=1S/C21H19N5OS/c1-12-7-13(2)9-16(8-12)26(21(23)27)15-5-3-14(4-6-15)17-10-28-20-18(17)19(22)24-11-25-20/h3-11H,1-2H3,(H2,23,27)(H2,22,24,25). The molecule has 0 saturated carbocycles. The van der Waals surface area contributed by atoms with Gasteiger partial charge in [-0.05, 0) is 54.8 Å². The maximum absolute atomic E-state index is 12.2. The average Bonchev–Trinajstić information content (AvgIpc) is 3.07. The van der Waals surface area contributed by atoms with Crippen molar-refractivity contribution in [2.45, 2.75) is 13.8 Å². The summed E-state index contributed by atoms with van der Waals surface area (Å²) >= 11 is 1.52. The first kappa shape index (κ1) is 17.9. The normalized spacial score (nSPS) is 10.9. The van der Waals surface area contributed by atoms with E-state index in [-0.39, 0.29) is 0 Å². The van der Waals surface area contributed by atoms with Gasteiger partial charge in [-0.2, -0.15) is 0 Å². The molecule has 2 heterocycles. The van der Waals surface area contributed by atoms with Crippen LogP contribution in [0.4, 0.5) is 22.0 Å². The zero-order chi connectivity index (χ0) is 19.8. The Morgan fingerprint density at radius 1 is 1.00 bits per heavy atom. The van der Waals surface area contributed by atoms with Crippen molar-refractivity contribution in [3.63, 3.8) is 0 Å². The zero-order valence-electron chi connectivity index (χ0n) is 15.5. The minimum atomic E-state index is -0.531. The van der Waals surface area contributed by atoms with E-state index in [1.54, 1.807) is 0 Å². The monoisotopic (exact) mass is 389 g/mol. The van der Waals surface area contributed by atoms with Gasteiger partial charge in [-0.3, -0.25) is 4.90 Å². The summed E-state index contributed by atoms with van der Waals surface area (Å²) in [5, 5.41) is 2.86. The van der Waals surface area contributed by atoms with E-state index in [9.17, 15) is 4.79 Å². The van der Waals surface area contributed by atoms with Crippen LogP contribution in [0.5, 0.6) is 0 Å². The quantitative estimate of drug-likeness (QED) is 0.527. The van der Waals surface area contributed by atoms with E-state index in [1.165, 1.54) is 22.6 Å². The van der Waals surface area contributed by atoms with Crippen molar-refractivity contribution in [3.05, 3.63) is 65.3 Å². The van der Waals surface area contributed by atoms with Crippen molar-refractivity contribution in [1.82, 2.24) is 9.97 Å². The Morgan fingerprint density at radius 3 is 2.32 bits per heavy atom. The fourth-order valence-electron chi connectivity index (χ4n) is 3.38. The number of nitrogen functional groups attached to an aromatic ring is 1. The van der Waals surface area contributed by atoms with Crippen molar-refractivity contribution in [1.29, 1.82) is 0 Å². The van der Waals surface area contributed by atoms with Gasteiger partial charge >= 0.3 is 6.03 Å². The number of nitrogens with two attached hydrogens (primary N) is 2. The largest absolute Gasteiger partial charge is 0.383 e. The number of benzene rings is 2. The third-order valence-electron chi connectivity index (χ3n) is 4.52. The fourth-order valence-corrected chi connectivity index (χ4v) is 4.31. The second-order valence-electron chi connectivity index (χ2n) is 6.65. The molecule has 4 rings (SSSR count). The lowest BCUT2D eigenvalue weighted by Crippen LogP contribution is -2.31. The molecule has 0 aliphatic carbocycles. The summed E-state index contributed by atoms with van der Waals surface area (Å²) < 4.78 is 0. The summed E-state index contributed by atoms with van der Waals surface area (Å²) in [6, 6.07) is 13.1. The third-order valence-corrected chi connectivity index (χ3v) is 5.41. The van der Waals surface area contributed by atoms with Crippen LogP contribution in [-0.4, -0.2) is 16.0 Å². The maximum Gasteiger partial charge on any atom is 0.323 e. The van der Waals surface area contributed by atoms with Crippen molar-refractivity contribution >= 4 is 44.8 Å². The highest BCUT2D eigenvalue weighted by Gasteiger charge is 2.17. The van der Waals surface area contributed by atoms with Crippen molar-refractivity contribution in [3.8, 4) is 11.1 Å². The van der Waals surface area contributed by atoms with Crippen LogP contribution < -0.4 is 16.4 Å². The van der Waals surface area contributed by atoms with E-state index in [2.05, 4.69) is 16.0 Å². The highest BCUT2D eigenvalue weighted by atomic mass is 32.1. The summed E-state index contributed by atoms with van der Waals surface area (Å²) in [7, 11) is 0. The molecule has 140 valence electrons. The molecule has 0 spiro atoms. The highest BCUT2D eigenvalue weighted by Crippen LogP contribution is 2.36. The van der Waals surface area contributed by atoms with Crippen LogP contribution in [0.2, 0.25) is 0 Å². The van der Waals surface area contributed by atoms with Crippen LogP contribution in [0.25, 0.3) is 21.3 Å². The Labute approximate surface area is 166 Å². The number of urea groups is 1. The molecular weight excluding hydrogens is 370 g/mol. The Balaban J connectivity index is 1.76. The number of amides is 2. The first-order valence-corrected chi connectivity index (χ1v) is 9.58. The van der Waals surface area contributed by atoms with Crippen LogP contribution in [-0.2, 0) is 0 Å². The van der Waals surface area contributed by atoms with E-state index in [1.807, 2.05) is 55.6 Å². The van der Waals surface area contributed by atoms with Gasteiger partial charge in [0.1, 0.15) is 17.0 Å². The summed E-state index contributed by atoms with van der Waals surface area (Å²) in [5.74, 6) is 0.458. The second kappa shape index (κ2) is 6.94. The number of hydrogen-bond acceptors (Lipinski definition) is 5. The average molecular weight is 389 g/mol. The van der Waals surface area contributed by atoms with Crippen LogP contribution in [0.1, 0.15) is 11.1 Å². The van der Waals surface area contributed by atoms with E-state index < -0.39 is 6.03 Å². The molecule has 0 atom stereocenters.